The number of pyridine rings is 2. The molecular formula is C15H14N2O3. The molecule has 3 rings (SSSR count). The fourth-order valence-corrected chi connectivity index (χ4v) is 2.36. The Kier molecular flexibility index (Phi) is 3.10. The quantitative estimate of drug-likeness (QED) is 0.778. The predicted octanol–water partition coefficient (Wildman–Crippen LogP) is 1.62. The van der Waals surface area contributed by atoms with E-state index in [0.717, 1.165) is 24.1 Å². The van der Waals surface area contributed by atoms with Crippen LogP contribution in [-0.4, -0.2) is 15.5 Å². The van der Waals surface area contributed by atoms with Crippen molar-refractivity contribution in [1.29, 1.82) is 0 Å². The molecule has 2 aromatic heterocycles. The Hall–Kier alpha value is -2.43. The summed E-state index contributed by atoms with van der Waals surface area (Å²) >= 11 is 0. The van der Waals surface area contributed by atoms with Crippen molar-refractivity contribution in [2.45, 2.75) is 18.9 Å². The first-order valence-electron chi connectivity index (χ1n) is 6.46. The van der Waals surface area contributed by atoms with Crippen LogP contribution >= 0.6 is 0 Å². The van der Waals surface area contributed by atoms with E-state index in [0.29, 0.717) is 0 Å². The number of esters is 1. The number of rotatable bonds is 2. The van der Waals surface area contributed by atoms with E-state index in [1.165, 1.54) is 10.6 Å². The zero-order valence-corrected chi connectivity index (χ0v) is 11.1. The number of carbonyl (C=O) groups excluding carboxylic acids is 1. The lowest BCUT2D eigenvalue weighted by Gasteiger charge is -2.12. The lowest BCUT2D eigenvalue weighted by atomic mass is 10.2. The summed E-state index contributed by atoms with van der Waals surface area (Å²) < 4.78 is 6.88. The van der Waals surface area contributed by atoms with Gasteiger partial charge in [-0.15, -0.1) is 0 Å². The lowest BCUT2D eigenvalue weighted by molar-refractivity contribution is 0.0292. The van der Waals surface area contributed by atoms with E-state index >= 15 is 0 Å². The van der Waals surface area contributed by atoms with Gasteiger partial charge in [0, 0.05) is 25.5 Å². The minimum atomic E-state index is -0.480. The van der Waals surface area contributed by atoms with Crippen molar-refractivity contribution in [2.75, 3.05) is 0 Å². The van der Waals surface area contributed by atoms with Crippen molar-refractivity contribution >= 4 is 5.97 Å². The number of nitrogens with zero attached hydrogens (tertiary/aromatic N) is 2. The summed E-state index contributed by atoms with van der Waals surface area (Å²) in [5.74, 6) is -0.480. The molecule has 1 atom stereocenters. The van der Waals surface area contributed by atoms with Gasteiger partial charge in [-0.25, -0.2) is 4.79 Å². The van der Waals surface area contributed by atoms with Crippen molar-refractivity contribution in [2.24, 2.45) is 7.05 Å². The van der Waals surface area contributed by atoms with Crippen molar-refractivity contribution in [3.8, 4) is 0 Å². The van der Waals surface area contributed by atoms with Gasteiger partial charge >= 0.3 is 5.97 Å². The van der Waals surface area contributed by atoms with Gasteiger partial charge in [0.2, 0.25) is 0 Å². The van der Waals surface area contributed by atoms with Crippen LogP contribution in [0.4, 0.5) is 0 Å². The number of aryl methyl sites for hydroxylation is 2. The number of ether oxygens (including phenoxy) is 1. The molecule has 2 heterocycles. The van der Waals surface area contributed by atoms with Gasteiger partial charge in [0.25, 0.3) is 5.56 Å². The summed E-state index contributed by atoms with van der Waals surface area (Å²) in [4.78, 5) is 27.9. The molecule has 1 aliphatic rings. The normalized spacial score (nSPS) is 16.8. The molecule has 102 valence electrons. The molecule has 0 N–H and O–H groups in total. The molecule has 5 nitrogen and oxygen atoms in total. The molecule has 0 aromatic carbocycles. The van der Waals surface area contributed by atoms with E-state index in [4.69, 9.17) is 4.74 Å². The van der Waals surface area contributed by atoms with E-state index in [2.05, 4.69) is 4.98 Å². The third kappa shape index (κ3) is 2.22. The van der Waals surface area contributed by atoms with Gasteiger partial charge in [0.05, 0.1) is 11.3 Å². The minimum Gasteiger partial charge on any atom is -0.452 e. The molecule has 0 amide bonds. The molecule has 0 spiro atoms. The summed E-state index contributed by atoms with van der Waals surface area (Å²) in [6.45, 7) is 0. The van der Waals surface area contributed by atoms with Gasteiger partial charge in [0.15, 0.2) is 0 Å². The highest BCUT2D eigenvalue weighted by Crippen LogP contribution is 2.32. The first-order valence-corrected chi connectivity index (χ1v) is 6.46. The highest BCUT2D eigenvalue weighted by atomic mass is 16.5. The molecule has 0 fully saturated rings. The average molecular weight is 270 g/mol. The maximum atomic E-state index is 12.1. The highest BCUT2D eigenvalue weighted by molar-refractivity contribution is 5.89. The highest BCUT2D eigenvalue weighted by Gasteiger charge is 2.27. The Bertz CT molecular complexity index is 721. The van der Waals surface area contributed by atoms with E-state index in [9.17, 15) is 9.59 Å². The number of hydrogen-bond acceptors (Lipinski definition) is 4. The van der Waals surface area contributed by atoms with Gasteiger partial charge in [0.1, 0.15) is 6.10 Å². The second kappa shape index (κ2) is 4.92. The lowest BCUT2D eigenvalue weighted by Crippen LogP contribution is -2.18. The molecule has 5 heteroatoms. The number of aromatic nitrogens is 2. The van der Waals surface area contributed by atoms with E-state index in [1.807, 2.05) is 12.1 Å². The maximum Gasteiger partial charge on any atom is 0.339 e. The Balaban J connectivity index is 1.80. The third-order valence-electron chi connectivity index (χ3n) is 3.50. The van der Waals surface area contributed by atoms with Gasteiger partial charge in [-0.05, 0) is 30.5 Å². The van der Waals surface area contributed by atoms with Gasteiger partial charge in [-0.2, -0.15) is 0 Å². The van der Waals surface area contributed by atoms with E-state index < -0.39 is 5.97 Å². The fraction of sp³-hybridized carbons (Fsp3) is 0.267. The fourth-order valence-electron chi connectivity index (χ4n) is 2.36. The summed E-state index contributed by atoms with van der Waals surface area (Å²) in [6.07, 6.45) is 4.53. The third-order valence-corrected chi connectivity index (χ3v) is 3.50. The van der Waals surface area contributed by atoms with E-state index in [-0.39, 0.29) is 17.2 Å². The zero-order valence-electron chi connectivity index (χ0n) is 11.1. The summed E-state index contributed by atoms with van der Waals surface area (Å²) in [5, 5.41) is 0. The zero-order chi connectivity index (χ0) is 14.1. The van der Waals surface area contributed by atoms with Crippen LogP contribution in [0.1, 0.15) is 34.1 Å². The van der Waals surface area contributed by atoms with Crippen LogP contribution in [0.3, 0.4) is 0 Å². The molecule has 0 saturated carbocycles. The van der Waals surface area contributed by atoms with Crippen LogP contribution in [0.15, 0.2) is 41.5 Å². The average Bonchev–Trinajstić information content (AvgIpc) is 2.85. The topological polar surface area (TPSA) is 61.2 Å². The smallest absolute Gasteiger partial charge is 0.339 e. The molecule has 0 aliphatic heterocycles. The number of fused-ring (bicyclic) bond motifs is 1. The second-order valence-electron chi connectivity index (χ2n) is 4.84. The van der Waals surface area contributed by atoms with Crippen LogP contribution in [0.25, 0.3) is 0 Å². The maximum absolute atomic E-state index is 12.1. The molecular weight excluding hydrogens is 256 g/mol. The van der Waals surface area contributed by atoms with Gasteiger partial charge in [-0.1, -0.05) is 6.07 Å². The molecule has 1 aliphatic carbocycles. The molecule has 20 heavy (non-hydrogen) atoms. The van der Waals surface area contributed by atoms with Crippen molar-refractivity contribution in [3.63, 3.8) is 0 Å². The Morgan fingerprint density at radius 1 is 1.45 bits per heavy atom. The molecule has 2 aromatic rings. The molecule has 0 bridgehead atoms. The summed E-state index contributed by atoms with van der Waals surface area (Å²) in [6, 6.07) is 6.74. The van der Waals surface area contributed by atoms with Gasteiger partial charge < -0.3 is 9.30 Å². The van der Waals surface area contributed by atoms with Crippen molar-refractivity contribution in [1.82, 2.24) is 9.55 Å². The van der Waals surface area contributed by atoms with Crippen LogP contribution in [0, 0.1) is 0 Å². The van der Waals surface area contributed by atoms with Crippen LogP contribution < -0.4 is 5.56 Å². The van der Waals surface area contributed by atoms with Crippen LogP contribution in [0.5, 0.6) is 0 Å². The standard InChI is InChI=1S/C15H14N2O3/c1-17-8-6-11(9-13(17)18)15(19)20-12-5-4-10-3-2-7-16-14(10)12/h2-3,6-9,12H,4-5H2,1H3. The molecule has 1 unspecified atom stereocenters. The minimum absolute atomic E-state index is 0.232. The SMILES string of the molecule is Cn1ccc(C(=O)OC2CCc3cccnc32)cc1=O. The summed E-state index contributed by atoms with van der Waals surface area (Å²) in [5.41, 5.74) is 1.99. The molecule has 0 radical (unpaired) electrons. The second-order valence-corrected chi connectivity index (χ2v) is 4.84. The van der Waals surface area contributed by atoms with Gasteiger partial charge in [-0.3, -0.25) is 9.78 Å². The van der Waals surface area contributed by atoms with Crippen LogP contribution in [0.2, 0.25) is 0 Å². The predicted molar refractivity (Wildman–Crippen MR) is 72.4 cm³/mol. The number of hydrogen-bond donors (Lipinski definition) is 0. The Morgan fingerprint density at radius 2 is 2.30 bits per heavy atom. The van der Waals surface area contributed by atoms with Crippen molar-refractivity contribution in [3.05, 3.63) is 63.8 Å². The Labute approximate surface area is 115 Å². The molecule has 0 saturated heterocycles. The number of carbonyl (C=O) groups is 1. The summed E-state index contributed by atoms with van der Waals surface area (Å²) in [7, 11) is 1.63. The Morgan fingerprint density at radius 3 is 3.10 bits per heavy atom. The van der Waals surface area contributed by atoms with E-state index in [1.54, 1.807) is 25.5 Å². The monoisotopic (exact) mass is 270 g/mol. The first-order chi connectivity index (χ1) is 9.65. The first kappa shape index (κ1) is 12.6. The van der Waals surface area contributed by atoms with Crippen molar-refractivity contribution < 1.29 is 9.53 Å². The largest absolute Gasteiger partial charge is 0.452 e. The van der Waals surface area contributed by atoms with Crippen LogP contribution in [-0.2, 0) is 18.2 Å².